The largest absolute Gasteiger partial charge is 0.473 e. The summed E-state index contributed by atoms with van der Waals surface area (Å²) in [7, 11) is -2.48. The summed E-state index contributed by atoms with van der Waals surface area (Å²) in [6.07, 6.45) is 7.03. The summed E-state index contributed by atoms with van der Waals surface area (Å²) in [4.78, 5) is 15.5. The van der Waals surface area contributed by atoms with Crippen LogP contribution in [0.15, 0.2) is 4.21 Å². The van der Waals surface area contributed by atoms with Crippen molar-refractivity contribution in [1.82, 2.24) is 9.71 Å². The highest BCUT2D eigenvalue weighted by molar-refractivity contribution is 7.92. The van der Waals surface area contributed by atoms with Crippen molar-refractivity contribution in [2.45, 2.75) is 36.8 Å². The molecule has 0 spiro atoms. The zero-order valence-electron chi connectivity index (χ0n) is 11.3. The molecule has 0 saturated carbocycles. The van der Waals surface area contributed by atoms with Crippen molar-refractivity contribution in [3.05, 3.63) is 5.69 Å². The van der Waals surface area contributed by atoms with Gasteiger partial charge >= 0.3 is 0 Å². The molecule has 0 radical (unpaired) electrons. The third-order valence-corrected chi connectivity index (χ3v) is 5.48. The molecule has 0 atom stereocenters. The van der Waals surface area contributed by atoms with Crippen LogP contribution < -0.4 is 9.46 Å². The van der Waals surface area contributed by atoms with Gasteiger partial charge in [0.2, 0.25) is 5.91 Å². The second-order valence-electron chi connectivity index (χ2n) is 4.00. The van der Waals surface area contributed by atoms with Crippen LogP contribution in [0.3, 0.4) is 0 Å². The summed E-state index contributed by atoms with van der Waals surface area (Å²) in [5, 5.41) is 0.240. The molecule has 0 aromatic carbocycles. The van der Waals surface area contributed by atoms with E-state index in [4.69, 9.17) is 11.2 Å². The van der Waals surface area contributed by atoms with E-state index in [1.165, 1.54) is 7.11 Å². The highest BCUT2D eigenvalue weighted by atomic mass is 32.2. The van der Waals surface area contributed by atoms with Crippen LogP contribution in [0.4, 0.5) is 0 Å². The third kappa shape index (κ3) is 4.51. The Morgan fingerprint density at radius 1 is 1.50 bits per heavy atom. The lowest BCUT2D eigenvalue weighted by Crippen LogP contribution is -2.30. The molecule has 6 nitrogen and oxygen atoms in total. The van der Waals surface area contributed by atoms with E-state index in [-0.39, 0.29) is 15.8 Å². The van der Waals surface area contributed by atoms with Crippen LogP contribution in [0.2, 0.25) is 0 Å². The van der Waals surface area contributed by atoms with Gasteiger partial charge in [-0.3, -0.25) is 4.79 Å². The summed E-state index contributed by atoms with van der Waals surface area (Å²) in [5.41, 5.74) is 0.305. The van der Waals surface area contributed by atoms with Gasteiger partial charge < -0.3 is 4.74 Å². The lowest BCUT2D eigenvalue weighted by Gasteiger charge is -2.04. The number of hydrogen-bond acceptors (Lipinski definition) is 6. The number of aromatic nitrogens is 1. The van der Waals surface area contributed by atoms with Crippen molar-refractivity contribution >= 4 is 27.3 Å². The smallest absolute Gasteiger partial charge is 0.275 e. The van der Waals surface area contributed by atoms with E-state index >= 15 is 0 Å². The van der Waals surface area contributed by atoms with Gasteiger partial charge in [0.1, 0.15) is 0 Å². The Hall–Kier alpha value is -1.59. The topological polar surface area (TPSA) is 85.4 Å². The molecule has 0 aliphatic heterocycles. The number of methoxy groups -OCH3 is 1. The van der Waals surface area contributed by atoms with E-state index in [0.29, 0.717) is 25.0 Å². The number of rotatable bonds is 7. The number of carbonyl (C=O) groups excluding carboxylic acids is 1. The van der Waals surface area contributed by atoms with E-state index < -0.39 is 15.9 Å². The summed E-state index contributed by atoms with van der Waals surface area (Å²) in [6.45, 7) is 1.55. The summed E-state index contributed by atoms with van der Waals surface area (Å²) >= 11 is 0.878. The molecule has 1 amide bonds. The molecule has 1 heterocycles. The summed E-state index contributed by atoms with van der Waals surface area (Å²) < 4.78 is 31.0. The fraction of sp³-hybridized carbons (Fsp3) is 0.500. The lowest BCUT2D eigenvalue weighted by atomic mass is 10.2. The zero-order chi connectivity index (χ0) is 15.2. The van der Waals surface area contributed by atoms with Gasteiger partial charge in [-0.15, -0.1) is 12.3 Å². The van der Waals surface area contributed by atoms with Crippen LogP contribution in [-0.2, 0) is 14.8 Å². The standard InChI is InChI=1S/C12H16N2O4S2/c1-4-5-6-7-8-10(15)14-20(16,17)11-9(2)13-12(18-3)19-11/h1H,5-8H2,2-3H3,(H,14,15). The molecule has 1 rings (SSSR count). The lowest BCUT2D eigenvalue weighted by molar-refractivity contribution is -0.119. The van der Waals surface area contributed by atoms with Crippen molar-refractivity contribution < 1.29 is 17.9 Å². The maximum Gasteiger partial charge on any atom is 0.275 e. The Morgan fingerprint density at radius 3 is 2.75 bits per heavy atom. The van der Waals surface area contributed by atoms with Gasteiger partial charge in [-0.1, -0.05) is 11.3 Å². The predicted molar refractivity (Wildman–Crippen MR) is 76.0 cm³/mol. The van der Waals surface area contributed by atoms with Crippen LogP contribution in [0.1, 0.15) is 31.4 Å². The molecule has 1 N–H and O–H groups in total. The fourth-order valence-corrected chi connectivity index (χ4v) is 3.78. The minimum Gasteiger partial charge on any atom is -0.473 e. The normalized spacial score (nSPS) is 10.8. The van der Waals surface area contributed by atoms with Crippen LogP contribution >= 0.6 is 11.3 Å². The van der Waals surface area contributed by atoms with Crippen LogP contribution in [0, 0.1) is 19.3 Å². The number of thiazole rings is 1. The number of aryl methyl sites for hydroxylation is 1. The van der Waals surface area contributed by atoms with E-state index in [1.54, 1.807) is 6.92 Å². The first kappa shape index (κ1) is 16.5. The molecule has 1 aromatic rings. The minimum atomic E-state index is -3.89. The van der Waals surface area contributed by atoms with Crippen molar-refractivity contribution in [2.75, 3.05) is 7.11 Å². The molecule has 0 saturated heterocycles. The van der Waals surface area contributed by atoms with Gasteiger partial charge in [0.05, 0.1) is 12.8 Å². The van der Waals surface area contributed by atoms with Gasteiger partial charge in [-0.25, -0.2) is 18.1 Å². The third-order valence-electron chi connectivity index (χ3n) is 2.38. The average Bonchev–Trinajstić information content (AvgIpc) is 2.76. The van der Waals surface area contributed by atoms with Gasteiger partial charge in [0, 0.05) is 12.8 Å². The first-order valence-corrected chi connectivity index (χ1v) is 8.21. The van der Waals surface area contributed by atoms with E-state index in [1.807, 2.05) is 4.72 Å². The van der Waals surface area contributed by atoms with Crippen molar-refractivity contribution in [3.8, 4) is 17.5 Å². The number of nitrogens with one attached hydrogen (secondary N) is 1. The number of hydrogen-bond donors (Lipinski definition) is 1. The molecular formula is C12H16N2O4S2. The molecule has 8 heteroatoms. The van der Waals surface area contributed by atoms with E-state index in [9.17, 15) is 13.2 Å². The zero-order valence-corrected chi connectivity index (χ0v) is 12.9. The van der Waals surface area contributed by atoms with Crippen LogP contribution in [-0.4, -0.2) is 26.4 Å². The molecule has 20 heavy (non-hydrogen) atoms. The molecule has 0 aliphatic rings. The number of terminal acetylenes is 1. The molecule has 0 bridgehead atoms. The maximum atomic E-state index is 12.0. The Labute approximate surface area is 122 Å². The van der Waals surface area contributed by atoms with Crippen LogP contribution in [0.5, 0.6) is 5.19 Å². The van der Waals surface area contributed by atoms with E-state index in [2.05, 4.69) is 10.9 Å². The second kappa shape index (κ2) is 7.26. The number of ether oxygens (including phenoxy) is 1. The number of amides is 1. The summed E-state index contributed by atoms with van der Waals surface area (Å²) in [5.74, 6) is 1.91. The average molecular weight is 316 g/mol. The predicted octanol–water partition coefficient (Wildman–Crippen LogP) is 1.46. The van der Waals surface area contributed by atoms with Crippen molar-refractivity contribution in [2.24, 2.45) is 0 Å². The van der Waals surface area contributed by atoms with E-state index in [0.717, 1.165) is 11.3 Å². The Balaban J connectivity index is 2.67. The van der Waals surface area contributed by atoms with Crippen LogP contribution in [0.25, 0.3) is 0 Å². The van der Waals surface area contributed by atoms with Crippen molar-refractivity contribution in [1.29, 1.82) is 0 Å². The SMILES string of the molecule is C#CCCCCC(=O)NS(=O)(=O)c1sc(OC)nc1C. The highest BCUT2D eigenvalue weighted by Gasteiger charge is 2.24. The van der Waals surface area contributed by atoms with Gasteiger partial charge in [-0.2, -0.15) is 0 Å². The minimum absolute atomic E-state index is 0.00803. The van der Waals surface area contributed by atoms with Crippen molar-refractivity contribution in [3.63, 3.8) is 0 Å². The monoisotopic (exact) mass is 316 g/mol. The molecule has 0 unspecified atom stereocenters. The summed E-state index contributed by atoms with van der Waals surface area (Å²) in [6, 6.07) is 0. The maximum absolute atomic E-state index is 12.0. The number of sulfonamides is 1. The Bertz CT molecular complexity index is 614. The van der Waals surface area contributed by atoms with Gasteiger partial charge in [0.25, 0.3) is 15.2 Å². The van der Waals surface area contributed by atoms with Gasteiger partial charge in [0.15, 0.2) is 4.21 Å². The van der Waals surface area contributed by atoms with Gasteiger partial charge in [-0.05, 0) is 19.8 Å². The number of carbonyl (C=O) groups is 1. The molecule has 1 aromatic heterocycles. The first-order chi connectivity index (χ1) is 9.40. The number of unbranched alkanes of at least 4 members (excludes halogenated alkanes) is 2. The Kier molecular flexibility index (Phi) is 5.98. The Morgan fingerprint density at radius 2 is 2.20 bits per heavy atom. The quantitative estimate of drug-likeness (QED) is 0.608. The second-order valence-corrected chi connectivity index (χ2v) is 6.84. The molecule has 0 aliphatic carbocycles. The first-order valence-electron chi connectivity index (χ1n) is 5.91. The fourth-order valence-electron chi connectivity index (χ4n) is 1.46. The number of nitrogens with zero attached hydrogens (tertiary/aromatic N) is 1. The molecule has 0 fully saturated rings. The highest BCUT2D eigenvalue weighted by Crippen LogP contribution is 2.28. The molecule has 110 valence electrons. The molecular weight excluding hydrogens is 300 g/mol.